The van der Waals surface area contributed by atoms with Crippen LogP contribution in [-0.2, 0) is 14.3 Å². The van der Waals surface area contributed by atoms with Gasteiger partial charge in [0.2, 0.25) is 5.91 Å². The highest BCUT2D eigenvalue weighted by Crippen LogP contribution is 2.02. The maximum absolute atomic E-state index is 11.6. The lowest BCUT2D eigenvalue weighted by molar-refractivity contribution is -0.138. The molecule has 0 radical (unpaired) electrons. The molecule has 0 aromatic heterocycles. The first kappa shape index (κ1) is 15.9. The molecule has 1 amide bonds. The Bertz CT molecular complexity index is 253. The average Bonchev–Trinajstić information content (AvgIpc) is 2.15. The van der Waals surface area contributed by atoms with Gasteiger partial charge in [-0.25, -0.2) is 0 Å². The Hall–Kier alpha value is -1.10. The Kier molecular flexibility index (Phi) is 7.54. The van der Waals surface area contributed by atoms with E-state index >= 15 is 0 Å². The number of hydrogen-bond acceptors (Lipinski definition) is 3. The van der Waals surface area contributed by atoms with Gasteiger partial charge in [-0.3, -0.25) is 9.59 Å². The molecule has 2 N–H and O–H groups in total. The second kappa shape index (κ2) is 8.06. The summed E-state index contributed by atoms with van der Waals surface area (Å²) in [6.45, 7) is 8.04. The molecule has 5 nitrogen and oxygen atoms in total. The van der Waals surface area contributed by atoms with Crippen LogP contribution in [0.5, 0.6) is 0 Å². The van der Waals surface area contributed by atoms with Crippen molar-refractivity contribution < 1.29 is 19.4 Å². The molecule has 0 saturated carbocycles. The minimum absolute atomic E-state index is 0.0789. The van der Waals surface area contributed by atoms with Crippen LogP contribution in [0.25, 0.3) is 0 Å². The number of carbonyl (C=O) groups is 2. The molecule has 0 aliphatic heterocycles. The lowest BCUT2D eigenvalue weighted by atomic mass is 10.1. The summed E-state index contributed by atoms with van der Waals surface area (Å²) in [6, 6.07) is -0.379. The molecule has 2 atom stereocenters. The summed E-state index contributed by atoms with van der Waals surface area (Å²) in [5.41, 5.74) is 0. The predicted molar refractivity (Wildman–Crippen MR) is 64.7 cm³/mol. The summed E-state index contributed by atoms with van der Waals surface area (Å²) in [4.78, 5) is 22.0. The van der Waals surface area contributed by atoms with Crippen LogP contribution in [0.2, 0.25) is 0 Å². The van der Waals surface area contributed by atoms with Crippen LogP contribution in [0, 0.1) is 5.92 Å². The summed E-state index contributed by atoms with van der Waals surface area (Å²) in [5.74, 6) is -0.648. The first-order valence-corrected chi connectivity index (χ1v) is 5.96. The Balaban J connectivity index is 3.84. The number of hydrogen-bond donors (Lipinski definition) is 2. The van der Waals surface area contributed by atoms with E-state index in [2.05, 4.69) is 19.2 Å². The number of ether oxygens (including phenoxy) is 1. The Morgan fingerprint density at radius 3 is 2.29 bits per heavy atom. The van der Waals surface area contributed by atoms with E-state index in [4.69, 9.17) is 9.84 Å². The normalized spacial score (nSPS) is 14.4. The van der Waals surface area contributed by atoms with Gasteiger partial charge in [0.05, 0.1) is 6.42 Å². The number of aliphatic carboxylic acids is 1. The summed E-state index contributed by atoms with van der Waals surface area (Å²) in [6.07, 6.45) is 0.289. The molecule has 0 aromatic rings. The van der Waals surface area contributed by atoms with Crippen molar-refractivity contribution in [1.82, 2.24) is 5.32 Å². The van der Waals surface area contributed by atoms with Crippen LogP contribution in [-0.4, -0.2) is 35.7 Å². The molecule has 0 aromatic carbocycles. The van der Waals surface area contributed by atoms with Crippen LogP contribution in [0.1, 0.15) is 40.5 Å². The quantitative estimate of drug-likeness (QED) is 0.678. The van der Waals surface area contributed by atoms with E-state index in [0.717, 1.165) is 6.42 Å². The smallest absolute Gasteiger partial charge is 0.305 e. The second-order valence-electron chi connectivity index (χ2n) is 4.70. The third-order valence-electron chi connectivity index (χ3n) is 2.30. The standard InChI is InChI=1S/C12H23NO4/c1-8(2)5-6-17-10(4)12(16)13-9(3)7-11(14)15/h8-10H,5-7H2,1-4H3,(H,13,16)(H,14,15). The molecule has 0 fully saturated rings. The van der Waals surface area contributed by atoms with Crippen molar-refractivity contribution in [2.75, 3.05) is 6.61 Å². The summed E-state index contributed by atoms with van der Waals surface area (Å²) in [5, 5.41) is 11.2. The molecular weight excluding hydrogens is 222 g/mol. The lowest BCUT2D eigenvalue weighted by Crippen LogP contribution is -2.41. The van der Waals surface area contributed by atoms with E-state index < -0.39 is 12.1 Å². The van der Waals surface area contributed by atoms with E-state index in [9.17, 15) is 9.59 Å². The number of amides is 1. The summed E-state index contributed by atoms with van der Waals surface area (Å²) < 4.78 is 5.36. The molecule has 0 heterocycles. The maximum Gasteiger partial charge on any atom is 0.305 e. The van der Waals surface area contributed by atoms with Gasteiger partial charge < -0.3 is 15.2 Å². The van der Waals surface area contributed by atoms with Crippen molar-refractivity contribution in [1.29, 1.82) is 0 Å². The van der Waals surface area contributed by atoms with Crippen LogP contribution in [0.15, 0.2) is 0 Å². The van der Waals surface area contributed by atoms with Crippen molar-refractivity contribution in [3.8, 4) is 0 Å². The van der Waals surface area contributed by atoms with Crippen molar-refractivity contribution >= 4 is 11.9 Å². The van der Waals surface area contributed by atoms with Gasteiger partial charge in [-0.2, -0.15) is 0 Å². The zero-order valence-electron chi connectivity index (χ0n) is 11.0. The van der Waals surface area contributed by atoms with Crippen LogP contribution in [0.3, 0.4) is 0 Å². The van der Waals surface area contributed by atoms with Crippen molar-refractivity contribution in [2.24, 2.45) is 5.92 Å². The van der Waals surface area contributed by atoms with Crippen LogP contribution in [0.4, 0.5) is 0 Å². The molecule has 5 heteroatoms. The number of nitrogens with one attached hydrogen (secondary N) is 1. The largest absolute Gasteiger partial charge is 0.481 e. The number of rotatable bonds is 8. The molecular formula is C12H23NO4. The Morgan fingerprint density at radius 2 is 1.82 bits per heavy atom. The van der Waals surface area contributed by atoms with Crippen LogP contribution < -0.4 is 5.32 Å². The zero-order valence-corrected chi connectivity index (χ0v) is 11.0. The van der Waals surface area contributed by atoms with E-state index in [1.54, 1.807) is 13.8 Å². The average molecular weight is 245 g/mol. The lowest BCUT2D eigenvalue weighted by Gasteiger charge is -2.17. The van der Waals surface area contributed by atoms with Gasteiger partial charge >= 0.3 is 5.97 Å². The molecule has 0 aliphatic carbocycles. The predicted octanol–water partition coefficient (Wildman–Crippen LogP) is 1.42. The molecule has 0 aliphatic rings. The minimum Gasteiger partial charge on any atom is -0.481 e. The van der Waals surface area contributed by atoms with Gasteiger partial charge in [-0.1, -0.05) is 13.8 Å². The van der Waals surface area contributed by atoms with Crippen molar-refractivity contribution in [3.63, 3.8) is 0 Å². The van der Waals surface area contributed by atoms with E-state index in [1.807, 2.05) is 0 Å². The molecule has 100 valence electrons. The minimum atomic E-state index is -0.925. The van der Waals surface area contributed by atoms with E-state index in [1.165, 1.54) is 0 Å². The zero-order chi connectivity index (χ0) is 13.4. The molecule has 0 rings (SSSR count). The SMILES string of the molecule is CC(C)CCOC(C)C(=O)NC(C)CC(=O)O. The van der Waals surface area contributed by atoms with Gasteiger partial charge in [-0.15, -0.1) is 0 Å². The van der Waals surface area contributed by atoms with Gasteiger partial charge in [-0.05, 0) is 26.2 Å². The molecule has 2 unspecified atom stereocenters. The highest BCUT2D eigenvalue weighted by Gasteiger charge is 2.17. The molecule has 0 saturated heterocycles. The fourth-order valence-electron chi connectivity index (χ4n) is 1.23. The Morgan fingerprint density at radius 1 is 1.24 bits per heavy atom. The van der Waals surface area contributed by atoms with Crippen LogP contribution >= 0.6 is 0 Å². The van der Waals surface area contributed by atoms with Gasteiger partial charge in [0.15, 0.2) is 0 Å². The third-order valence-corrected chi connectivity index (χ3v) is 2.30. The van der Waals surface area contributed by atoms with Crippen molar-refractivity contribution in [3.05, 3.63) is 0 Å². The fraction of sp³-hybridized carbons (Fsp3) is 0.833. The molecule has 0 bridgehead atoms. The molecule has 0 spiro atoms. The topological polar surface area (TPSA) is 75.6 Å². The molecule has 17 heavy (non-hydrogen) atoms. The van der Waals surface area contributed by atoms with Crippen molar-refractivity contribution in [2.45, 2.75) is 52.7 Å². The number of carboxylic acids is 1. The first-order chi connectivity index (χ1) is 7.82. The second-order valence-corrected chi connectivity index (χ2v) is 4.70. The summed E-state index contributed by atoms with van der Waals surface area (Å²) in [7, 11) is 0. The van der Waals surface area contributed by atoms with E-state index in [-0.39, 0.29) is 18.4 Å². The highest BCUT2D eigenvalue weighted by atomic mass is 16.5. The number of carbonyl (C=O) groups excluding carboxylic acids is 1. The van der Waals surface area contributed by atoms with E-state index in [0.29, 0.717) is 12.5 Å². The highest BCUT2D eigenvalue weighted by molar-refractivity contribution is 5.81. The summed E-state index contributed by atoms with van der Waals surface area (Å²) >= 11 is 0. The number of carboxylic acid groups (broad SMARTS) is 1. The van der Waals surface area contributed by atoms with Gasteiger partial charge in [0.1, 0.15) is 6.10 Å². The third kappa shape index (κ3) is 8.68. The maximum atomic E-state index is 11.6. The van der Waals surface area contributed by atoms with Gasteiger partial charge in [0.25, 0.3) is 0 Å². The monoisotopic (exact) mass is 245 g/mol. The first-order valence-electron chi connectivity index (χ1n) is 5.96. The Labute approximate surface area is 103 Å². The van der Waals surface area contributed by atoms with Gasteiger partial charge in [0, 0.05) is 12.6 Å². The fourth-order valence-corrected chi connectivity index (χ4v) is 1.23.